The Morgan fingerprint density at radius 2 is 2.19 bits per heavy atom. The van der Waals surface area contributed by atoms with Gasteiger partial charge in [0.05, 0.1) is 6.61 Å². The van der Waals surface area contributed by atoms with E-state index in [9.17, 15) is 4.79 Å². The number of carbonyl (C=O) groups is 1. The molecule has 5 heteroatoms. The quantitative estimate of drug-likeness (QED) is 0.816. The molecule has 0 bridgehead atoms. The molecule has 2 rings (SSSR count). The summed E-state index contributed by atoms with van der Waals surface area (Å²) < 4.78 is 10.9. The van der Waals surface area contributed by atoms with E-state index in [0.717, 1.165) is 26.1 Å². The molecule has 0 aliphatic carbocycles. The van der Waals surface area contributed by atoms with Crippen molar-refractivity contribution in [3.63, 3.8) is 0 Å². The summed E-state index contributed by atoms with van der Waals surface area (Å²) >= 11 is 0. The second-order valence-corrected chi connectivity index (χ2v) is 5.37. The van der Waals surface area contributed by atoms with Crippen LogP contribution in [0.5, 0.6) is 5.75 Å². The number of benzene rings is 1. The molecule has 1 aliphatic heterocycles. The van der Waals surface area contributed by atoms with E-state index >= 15 is 0 Å². The Hall–Kier alpha value is -1.75. The lowest BCUT2D eigenvalue weighted by molar-refractivity contribution is 0.0538. The van der Waals surface area contributed by atoms with Gasteiger partial charge in [0.25, 0.3) is 5.91 Å². The van der Waals surface area contributed by atoms with Crippen molar-refractivity contribution in [2.45, 2.75) is 32.7 Å². The topological polar surface area (TPSA) is 73.6 Å². The van der Waals surface area contributed by atoms with Crippen LogP contribution in [-0.2, 0) is 4.74 Å². The molecule has 1 aromatic rings. The average molecular weight is 292 g/mol. The van der Waals surface area contributed by atoms with Crippen molar-refractivity contribution in [3.05, 3.63) is 23.8 Å². The normalized spacial score (nSPS) is 17.2. The van der Waals surface area contributed by atoms with Crippen molar-refractivity contribution in [3.8, 4) is 5.75 Å². The maximum atomic E-state index is 12.5. The van der Waals surface area contributed by atoms with Gasteiger partial charge in [-0.05, 0) is 44.7 Å². The molecule has 0 spiro atoms. The van der Waals surface area contributed by atoms with Gasteiger partial charge >= 0.3 is 0 Å². The van der Waals surface area contributed by atoms with Gasteiger partial charge in [-0.3, -0.25) is 4.79 Å². The standard InChI is InChI=1S/C16H24N2O3/c1-3-21-14-6-4-5-13(17)15(14)16(19)18-11(2)12-7-9-20-10-8-12/h4-6,11-12H,3,7-10,17H2,1-2H3,(H,18,19). The van der Waals surface area contributed by atoms with Gasteiger partial charge < -0.3 is 20.5 Å². The fraction of sp³-hybridized carbons (Fsp3) is 0.562. The van der Waals surface area contributed by atoms with Gasteiger partial charge in [-0.2, -0.15) is 0 Å². The van der Waals surface area contributed by atoms with Crippen LogP contribution in [0.3, 0.4) is 0 Å². The van der Waals surface area contributed by atoms with Crippen molar-refractivity contribution in [2.75, 3.05) is 25.6 Å². The van der Waals surface area contributed by atoms with E-state index < -0.39 is 0 Å². The van der Waals surface area contributed by atoms with Crippen LogP contribution in [-0.4, -0.2) is 31.8 Å². The second kappa shape index (κ2) is 7.31. The average Bonchev–Trinajstić information content (AvgIpc) is 2.48. The number of hydrogen-bond acceptors (Lipinski definition) is 4. The van der Waals surface area contributed by atoms with Crippen LogP contribution in [0, 0.1) is 5.92 Å². The highest BCUT2D eigenvalue weighted by Gasteiger charge is 2.24. The highest BCUT2D eigenvalue weighted by Crippen LogP contribution is 2.25. The number of nitrogen functional groups attached to an aromatic ring is 1. The number of hydrogen-bond donors (Lipinski definition) is 2. The van der Waals surface area contributed by atoms with Gasteiger partial charge in [0.2, 0.25) is 0 Å². The molecular weight excluding hydrogens is 268 g/mol. The SMILES string of the molecule is CCOc1cccc(N)c1C(=O)NC(C)C1CCOCC1. The molecule has 1 unspecified atom stereocenters. The molecule has 116 valence electrons. The molecule has 21 heavy (non-hydrogen) atoms. The highest BCUT2D eigenvalue weighted by atomic mass is 16.5. The molecule has 1 saturated heterocycles. The van der Waals surface area contributed by atoms with Gasteiger partial charge in [0, 0.05) is 24.9 Å². The van der Waals surface area contributed by atoms with Crippen molar-refractivity contribution in [1.29, 1.82) is 0 Å². The van der Waals surface area contributed by atoms with E-state index in [1.165, 1.54) is 0 Å². The maximum Gasteiger partial charge on any atom is 0.257 e. The smallest absolute Gasteiger partial charge is 0.257 e. The lowest BCUT2D eigenvalue weighted by atomic mass is 9.92. The van der Waals surface area contributed by atoms with Crippen LogP contribution >= 0.6 is 0 Å². The van der Waals surface area contributed by atoms with Crippen molar-refractivity contribution >= 4 is 11.6 Å². The lowest BCUT2D eigenvalue weighted by Crippen LogP contribution is -2.40. The second-order valence-electron chi connectivity index (χ2n) is 5.37. The highest BCUT2D eigenvalue weighted by molar-refractivity contribution is 6.02. The molecule has 1 fully saturated rings. The molecule has 1 aromatic carbocycles. The first-order chi connectivity index (χ1) is 10.1. The third-order valence-electron chi connectivity index (χ3n) is 3.92. The molecule has 1 heterocycles. The van der Waals surface area contributed by atoms with E-state index in [1.807, 2.05) is 13.8 Å². The summed E-state index contributed by atoms with van der Waals surface area (Å²) in [5.41, 5.74) is 6.82. The Kier molecular flexibility index (Phi) is 5.44. The molecule has 1 aliphatic rings. The monoisotopic (exact) mass is 292 g/mol. The predicted octanol–water partition coefficient (Wildman–Crippen LogP) is 2.21. The zero-order valence-corrected chi connectivity index (χ0v) is 12.7. The molecule has 0 radical (unpaired) electrons. The third kappa shape index (κ3) is 3.88. The van der Waals surface area contributed by atoms with Gasteiger partial charge in [-0.15, -0.1) is 0 Å². The van der Waals surface area contributed by atoms with Crippen LogP contribution < -0.4 is 15.8 Å². The Morgan fingerprint density at radius 1 is 1.48 bits per heavy atom. The van der Waals surface area contributed by atoms with Crippen molar-refractivity contribution in [2.24, 2.45) is 5.92 Å². The lowest BCUT2D eigenvalue weighted by Gasteiger charge is -2.28. The number of carbonyl (C=O) groups excluding carboxylic acids is 1. The Bertz CT molecular complexity index is 484. The van der Waals surface area contributed by atoms with Crippen LogP contribution in [0.2, 0.25) is 0 Å². The molecule has 3 N–H and O–H groups in total. The van der Waals surface area contributed by atoms with Gasteiger partial charge in [-0.25, -0.2) is 0 Å². The van der Waals surface area contributed by atoms with Crippen molar-refractivity contribution < 1.29 is 14.3 Å². The number of rotatable bonds is 5. The first-order valence-corrected chi connectivity index (χ1v) is 7.53. The maximum absolute atomic E-state index is 12.5. The third-order valence-corrected chi connectivity index (χ3v) is 3.92. The summed E-state index contributed by atoms with van der Waals surface area (Å²) in [5, 5.41) is 3.05. The van der Waals surface area contributed by atoms with Gasteiger partial charge in [-0.1, -0.05) is 6.07 Å². The molecule has 5 nitrogen and oxygen atoms in total. The van der Waals surface area contributed by atoms with Crippen LogP contribution in [0.25, 0.3) is 0 Å². The summed E-state index contributed by atoms with van der Waals surface area (Å²) in [7, 11) is 0. The van der Waals surface area contributed by atoms with E-state index in [4.69, 9.17) is 15.2 Å². The van der Waals surface area contributed by atoms with Gasteiger partial charge in [0.15, 0.2) is 0 Å². The molecule has 1 amide bonds. The van der Waals surface area contributed by atoms with E-state index in [0.29, 0.717) is 29.5 Å². The van der Waals surface area contributed by atoms with Crippen LogP contribution in [0.4, 0.5) is 5.69 Å². The summed E-state index contributed by atoms with van der Waals surface area (Å²) in [6.45, 7) is 5.95. The fourth-order valence-corrected chi connectivity index (χ4v) is 2.68. The summed E-state index contributed by atoms with van der Waals surface area (Å²) in [6.07, 6.45) is 1.95. The first-order valence-electron chi connectivity index (χ1n) is 7.53. The largest absolute Gasteiger partial charge is 0.493 e. The summed E-state index contributed by atoms with van der Waals surface area (Å²) in [4.78, 5) is 12.5. The minimum absolute atomic E-state index is 0.0930. The van der Waals surface area contributed by atoms with E-state index in [1.54, 1.807) is 18.2 Å². The number of anilines is 1. The van der Waals surface area contributed by atoms with Crippen molar-refractivity contribution in [1.82, 2.24) is 5.32 Å². The molecule has 0 saturated carbocycles. The molecular formula is C16H24N2O3. The zero-order chi connectivity index (χ0) is 15.2. The number of ether oxygens (including phenoxy) is 2. The predicted molar refractivity (Wildman–Crippen MR) is 82.5 cm³/mol. The summed E-state index contributed by atoms with van der Waals surface area (Å²) in [6, 6.07) is 5.37. The van der Waals surface area contributed by atoms with E-state index in [-0.39, 0.29) is 11.9 Å². The Balaban J connectivity index is 2.08. The Morgan fingerprint density at radius 3 is 2.86 bits per heavy atom. The minimum atomic E-state index is -0.171. The Labute approximate surface area is 125 Å². The van der Waals surface area contributed by atoms with Crippen LogP contribution in [0.15, 0.2) is 18.2 Å². The van der Waals surface area contributed by atoms with Gasteiger partial charge in [0.1, 0.15) is 11.3 Å². The van der Waals surface area contributed by atoms with E-state index in [2.05, 4.69) is 5.32 Å². The fourth-order valence-electron chi connectivity index (χ4n) is 2.68. The number of nitrogens with one attached hydrogen (secondary N) is 1. The van der Waals surface area contributed by atoms with Crippen LogP contribution in [0.1, 0.15) is 37.0 Å². The molecule has 0 aromatic heterocycles. The molecule has 1 atom stereocenters. The summed E-state index contributed by atoms with van der Waals surface area (Å²) in [5.74, 6) is 0.813. The minimum Gasteiger partial charge on any atom is -0.493 e. The number of amides is 1. The number of nitrogens with two attached hydrogens (primary N) is 1. The zero-order valence-electron chi connectivity index (χ0n) is 12.7. The first kappa shape index (κ1) is 15.6.